The number of carbonyl (C=O) groups excluding carboxylic acids is 2. The molecule has 1 aromatic heterocycles. The monoisotopic (exact) mass is 368 g/mol. The number of benzene rings is 2. The van der Waals surface area contributed by atoms with Gasteiger partial charge in [0.25, 0.3) is 5.91 Å². The van der Waals surface area contributed by atoms with Gasteiger partial charge < -0.3 is 9.64 Å². The van der Waals surface area contributed by atoms with Crippen molar-refractivity contribution in [2.45, 2.75) is 19.9 Å². The van der Waals surface area contributed by atoms with Gasteiger partial charge in [-0.1, -0.05) is 30.3 Å². The number of para-hydroxylation sites is 1. The van der Waals surface area contributed by atoms with E-state index in [1.807, 2.05) is 50.2 Å². The van der Waals surface area contributed by atoms with Gasteiger partial charge >= 0.3 is 5.97 Å². The Bertz CT molecular complexity index is 918. The van der Waals surface area contributed by atoms with Crippen molar-refractivity contribution in [2.24, 2.45) is 0 Å². The second-order valence-electron chi connectivity index (χ2n) is 6.09. The molecule has 0 spiro atoms. The third-order valence-corrected chi connectivity index (χ3v) is 5.54. The summed E-state index contributed by atoms with van der Waals surface area (Å²) < 4.78 is 6.27. The van der Waals surface area contributed by atoms with Gasteiger partial charge in [0.1, 0.15) is 5.01 Å². The summed E-state index contributed by atoms with van der Waals surface area (Å²) in [6.07, 6.45) is 0. The highest BCUT2D eigenvalue weighted by atomic mass is 32.1. The Hall–Kier alpha value is -2.73. The second-order valence-corrected chi connectivity index (χ2v) is 7.15. The first kappa shape index (κ1) is 18.1. The number of hydrogen-bond acceptors (Lipinski definition) is 5. The molecule has 0 unspecified atom stereocenters. The fraction of sp³-hybridized carbons (Fsp3) is 0.250. The Labute approximate surface area is 156 Å². The van der Waals surface area contributed by atoms with Crippen molar-refractivity contribution in [1.29, 1.82) is 0 Å². The van der Waals surface area contributed by atoms with Crippen molar-refractivity contribution < 1.29 is 14.3 Å². The molecule has 0 aliphatic carbocycles. The Morgan fingerprint density at radius 3 is 2.58 bits per heavy atom. The molecule has 1 heterocycles. The summed E-state index contributed by atoms with van der Waals surface area (Å²) in [5.74, 6) is -0.754. The van der Waals surface area contributed by atoms with Gasteiger partial charge in [0.2, 0.25) is 0 Å². The number of ether oxygens (including phenoxy) is 1. The molecule has 134 valence electrons. The SMILES string of the molecule is Cc1ccccc1C(=O)OCC(=O)N(C)[C@H](C)c1nc2ccccc2s1. The fourth-order valence-corrected chi connectivity index (χ4v) is 3.62. The highest BCUT2D eigenvalue weighted by Gasteiger charge is 2.22. The third kappa shape index (κ3) is 3.75. The van der Waals surface area contributed by atoms with Crippen LogP contribution in [-0.2, 0) is 9.53 Å². The van der Waals surface area contributed by atoms with E-state index in [1.54, 1.807) is 35.4 Å². The summed E-state index contributed by atoms with van der Waals surface area (Å²) in [6, 6.07) is 14.8. The number of aromatic nitrogens is 1. The van der Waals surface area contributed by atoms with Crippen LogP contribution in [0.5, 0.6) is 0 Å². The lowest BCUT2D eigenvalue weighted by Crippen LogP contribution is -2.33. The van der Waals surface area contributed by atoms with Crippen LogP contribution in [0.1, 0.15) is 33.9 Å². The number of carbonyl (C=O) groups is 2. The van der Waals surface area contributed by atoms with Crippen LogP contribution >= 0.6 is 11.3 Å². The summed E-state index contributed by atoms with van der Waals surface area (Å²) in [4.78, 5) is 30.7. The van der Waals surface area contributed by atoms with E-state index in [-0.39, 0.29) is 18.6 Å². The number of aryl methyl sites for hydroxylation is 1. The van der Waals surface area contributed by atoms with Crippen molar-refractivity contribution >= 4 is 33.4 Å². The Morgan fingerprint density at radius 1 is 1.15 bits per heavy atom. The quantitative estimate of drug-likeness (QED) is 0.639. The fourth-order valence-electron chi connectivity index (χ4n) is 2.56. The highest BCUT2D eigenvalue weighted by molar-refractivity contribution is 7.18. The molecule has 6 heteroatoms. The molecular weight excluding hydrogens is 348 g/mol. The number of hydrogen-bond donors (Lipinski definition) is 0. The van der Waals surface area contributed by atoms with E-state index in [0.29, 0.717) is 5.56 Å². The van der Waals surface area contributed by atoms with Crippen LogP contribution in [-0.4, -0.2) is 35.4 Å². The second kappa shape index (κ2) is 7.66. The average Bonchev–Trinajstić information content (AvgIpc) is 3.09. The zero-order valence-electron chi connectivity index (χ0n) is 14.9. The maximum absolute atomic E-state index is 12.4. The number of thiazole rings is 1. The van der Waals surface area contributed by atoms with E-state index in [0.717, 1.165) is 20.8 Å². The number of fused-ring (bicyclic) bond motifs is 1. The van der Waals surface area contributed by atoms with Crippen molar-refractivity contribution in [3.63, 3.8) is 0 Å². The summed E-state index contributed by atoms with van der Waals surface area (Å²) in [5, 5.41) is 0.854. The molecule has 0 aliphatic rings. The van der Waals surface area contributed by atoms with Crippen LogP contribution in [0.3, 0.4) is 0 Å². The summed E-state index contributed by atoms with van der Waals surface area (Å²) in [5.41, 5.74) is 2.22. The van der Waals surface area contributed by atoms with Crippen molar-refractivity contribution in [3.8, 4) is 0 Å². The molecular formula is C20H20N2O3S. The highest BCUT2D eigenvalue weighted by Crippen LogP contribution is 2.28. The van der Waals surface area contributed by atoms with Crippen molar-refractivity contribution in [3.05, 3.63) is 64.7 Å². The minimum absolute atomic E-state index is 0.197. The van der Waals surface area contributed by atoms with Crippen LogP contribution in [0.25, 0.3) is 10.2 Å². The minimum Gasteiger partial charge on any atom is -0.452 e. The molecule has 0 saturated carbocycles. The number of likely N-dealkylation sites (N-methyl/N-ethyl adjacent to an activating group) is 1. The molecule has 26 heavy (non-hydrogen) atoms. The summed E-state index contributed by atoms with van der Waals surface area (Å²) in [6.45, 7) is 3.46. The van der Waals surface area contributed by atoms with Gasteiger partial charge in [-0.15, -0.1) is 11.3 Å². The van der Waals surface area contributed by atoms with E-state index >= 15 is 0 Å². The number of esters is 1. The third-order valence-electron chi connectivity index (χ3n) is 4.33. The van der Waals surface area contributed by atoms with Crippen molar-refractivity contribution in [2.75, 3.05) is 13.7 Å². The first-order chi connectivity index (χ1) is 12.5. The zero-order chi connectivity index (χ0) is 18.7. The lowest BCUT2D eigenvalue weighted by atomic mass is 10.1. The lowest BCUT2D eigenvalue weighted by molar-refractivity contribution is -0.135. The predicted molar refractivity (Wildman–Crippen MR) is 102 cm³/mol. The Balaban J connectivity index is 1.63. The molecule has 0 aliphatic heterocycles. The molecule has 2 aromatic carbocycles. The predicted octanol–water partition coefficient (Wildman–Crippen LogP) is 3.98. The van der Waals surface area contributed by atoms with Gasteiger partial charge in [-0.2, -0.15) is 0 Å². The molecule has 0 fully saturated rings. The van der Waals surface area contributed by atoms with Gasteiger partial charge in [-0.25, -0.2) is 9.78 Å². The molecule has 0 radical (unpaired) electrons. The molecule has 5 nitrogen and oxygen atoms in total. The van der Waals surface area contributed by atoms with E-state index in [4.69, 9.17) is 4.74 Å². The van der Waals surface area contributed by atoms with E-state index < -0.39 is 5.97 Å². The first-order valence-corrected chi connectivity index (χ1v) is 9.13. The summed E-state index contributed by atoms with van der Waals surface area (Å²) in [7, 11) is 1.70. The number of rotatable bonds is 5. The zero-order valence-corrected chi connectivity index (χ0v) is 15.7. The van der Waals surface area contributed by atoms with Gasteiger partial charge in [0, 0.05) is 7.05 Å². The number of amides is 1. The number of nitrogens with zero attached hydrogens (tertiary/aromatic N) is 2. The minimum atomic E-state index is -0.488. The lowest BCUT2D eigenvalue weighted by Gasteiger charge is -2.23. The molecule has 1 atom stereocenters. The molecule has 1 amide bonds. The van der Waals surface area contributed by atoms with Crippen LogP contribution in [0.2, 0.25) is 0 Å². The van der Waals surface area contributed by atoms with Crippen molar-refractivity contribution in [1.82, 2.24) is 9.88 Å². The van der Waals surface area contributed by atoms with Crippen LogP contribution in [0, 0.1) is 6.92 Å². The largest absolute Gasteiger partial charge is 0.452 e. The standard InChI is InChI=1S/C20H20N2O3S/c1-13-8-4-5-9-15(13)20(24)25-12-18(23)22(3)14(2)19-21-16-10-6-7-11-17(16)26-19/h4-11,14H,12H2,1-3H3/t14-/m1/s1. The van der Waals surface area contributed by atoms with Crippen LogP contribution in [0.15, 0.2) is 48.5 Å². The molecule has 0 saturated heterocycles. The average molecular weight is 368 g/mol. The topological polar surface area (TPSA) is 59.5 Å². The molecule has 3 rings (SSSR count). The maximum atomic E-state index is 12.4. The Morgan fingerprint density at radius 2 is 1.85 bits per heavy atom. The normalized spacial score (nSPS) is 12.0. The Kier molecular flexibility index (Phi) is 5.32. The molecule has 0 bridgehead atoms. The van der Waals surface area contributed by atoms with E-state index in [2.05, 4.69) is 4.98 Å². The van der Waals surface area contributed by atoms with Gasteiger partial charge in [-0.05, 0) is 37.6 Å². The first-order valence-electron chi connectivity index (χ1n) is 8.31. The maximum Gasteiger partial charge on any atom is 0.338 e. The van der Waals surface area contributed by atoms with Gasteiger partial charge in [-0.3, -0.25) is 4.79 Å². The molecule has 0 N–H and O–H groups in total. The van der Waals surface area contributed by atoms with Crippen LogP contribution in [0.4, 0.5) is 0 Å². The van der Waals surface area contributed by atoms with E-state index in [9.17, 15) is 9.59 Å². The van der Waals surface area contributed by atoms with Gasteiger partial charge in [0.15, 0.2) is 6.61 Å². The smallest absolute Gasteiger partial charge is 0.338 e. The molecule has 3 aromatic rings. The van der Waals surface area contributed by atoms with Crippen LogP contribution < -0.4 is 0 Å². The van der Waals surface area contributed by atoms with Gasteiger partial charge in [0.05, 0.1) is 21.8 Å². The summed E-state index contributed by atoms with van der Waals surface area (Å²) >= 11 is 1.56. The van der Waals surface area contributed by atoms with E-state index in [1.165, 1.54) is 0 Å².